The van der Waals surface area contributed by atoms with Crippen molar-refractivity contribution in [3.05, 3.63) is 59.2 Å². The highest BCUT2D eigenvalue weighted by Gasteiger charge is 2.22. The maximum absolute atomic E-state index is 11.8. The Morgan fingerprint density at radius 3 is 2.48 bits per heavy atom. The van der Waals surface area contributed by atoms with Crippen molar-refractivity contribution in [3.8, 4) is 11.1 Å². The van der Waals surface area contributed by atoms with Crippen LogP contribution in [0.1, 0.15) is 56.2 Å². The van der Waals surface area contributed by atoms with Gasteiger partial charge in [-0.25, -0.2) is 0 Å². The summed E-state index contributed by atoms with van der Waals surface area (Å²) in [5.41, 5.74) is 6.78. The average Bonchev–Trinajstić information content (AvgIpc) is 3.06. The summed E-state index contributed by atoms with van der Waals surface area (Å²) in [5, 5.41) is 0. The first kappa shape index (κ1) is 20.2. The smallest absolute Gasteiger partial charge is 0.219 e. The lowest BCUT2D eigenvalue weighted by molar-refractivity contribution is -0.128. The van der Waals surface area contributed by atoms with Gasteiger partial charge in [0.15, 0.2) is 0 Å². The molecule has 0 N–H and O–H groups in total. The van der Waals surface area contributed by atoms with E-state index in [1.807, 2.05) is 4.90 Å². The Bertz CT molecular complexity index is 858. The summed E-state index contributed by atoms with van der Waals surface area (Å²) in [4.78, 5) is 16.5. The van der Waals surface area contributed by atoms with Crippen molar-refractivity contribution in [2.24, 2.45) is 0 Å². The van der Waals surface area contributed by atoms with Gasteiger partial charge in [0.2, 0.25) is 5.91 Å². The molecule has 1 unspecified atom stereocenters. The lowest BCUT2D eigenvalue weighted by atomic mass is 9.91. The molecule has 2 aromatic rings. The molecule has 2 atom stereocenters. The minimum Gasteiger partial charge on any atom is -0.342 e. The van der Waals surface area contributed by atoms with Gasteiger partial charge in [-0.1, -0.05) is 49.4 Å². The van der Waals surface area contributed by atoms with Crippen molar-refractivity contribution < 1.29 is 4.79 Å². The highest BCUT2D eigenvalue weighted by atomic mass is 16.2. The van der Waals surface area contributed by atoms with Crippen LogP contribution in [-0.2, 0) is 17.6 Å². The van der Waals surface area contributed by atoms with E-state index >= 15 is 0 Å². The van der Waals surface area contributed by atoms with Gasteiger partial charge in [-0.2, -0.15) is 0 Å². The van der Waals surface area contributed by atoms with Crippen LogP contribution in [-0.4, -0.2) is 47.9 Å². The maximum Gasteiger partial charge on any atom is 0.219 e. The van der Waals surface area contributed by atoms with E-state index < -0.39 is 0 Å². The van der Waals surface area contributed by atoms with Crippen LogP contribution in [0.5, 0.6) is 0 Å². The van der Waals surface area contributed by atoms with E-state index in [-0.39, 0.29) is 5.91 Å². The number of hydrogen-bond donors (Lipinski definition) is 0. The van der Waals surface area contributed by atoms with Crippen molar-refractivity contribution >= 4 is 5.91 Å². The molecule has 2 aromatic carbocycles. The molecular weight excluding hydrogens is 356 g/mol. The summed E-state index contributed by atoms with van der Waals surface area (Å²) in [7, 11) is 0. The van der Waals surface area contributed by atoms with E-state index in [1.165, 1.54) is 53.7 Å². The molecule has 3 heteroatoms. The van der Waals surface area contributed by atoms with Crippen LogP contribution in [0.4, 0.5) is 0 Å². The number of rotatable bonds is 4. The van der Waals surface area contributed by atoms with Crippen LogP contribution in [0.2, 0.25) is 0 Å². The number of hydrogen-bond acceptors (Lipinski definition) is 2. The Hall–Kier alpha value is -2.13. The summed E-state index contributed by atoms with van der Waals surface area (Å²) >= 11 is 0. The Morgan fingerprint density at radius 1 is 1.03 bits per heavy atom. The number of likely N-dealkylation sites (tertiary alicyclic amines) is 1. The van der Waals surface area contributed by atoms with E-state index in [9.17, 15) is 4.79 Å². The minimum atomic E-state index is 0.184. The van der Waals surface area contributed by atoms with Crippen molar-refractivity contribution in [2.75, 3.05) is 26.2 Å². The second-order valence-electron chi connectivity index (χ2n) is 9.00. The van der Waals surface area contributed by atoms with Gasteiger partial charge in [-0.15, -0.1) is 0 Å². The third-order valence-corrected chi connectivity index (χ3v) is 6.93. The maximum atomic E-state index is 11.8. The normalized spacial score (nSPS) is 22.4. The second kappa shape index (κ2) is 8.71. The lowest BCUT2D eigenvalue weighted by Gasteiger charge is -2.21. The zero-order valence-corrected chi connectivity index (χ0v) is 18.2. The number of amides is 1. The van der Waals surface area contributed by atoms with Gasteiger partial charge in [-0.05, 0) is 72.9 Å². The van der Waals surface area contributed by atoms with E-state index in [0.29, 0.717) is 5.92 Å². The van der Waals surface area contributed by atoms with Crippen LogP contribution >= 0.6 is 0 Å². The summed E-state index contributed by atoms with van der Waals surface area (Å²) < 4.78 is 0. The zero-order chi connectivity index (χ0) is 20.4. The first-order valence-electron chi connectivity index (χ1n) is 11.2. The summed E-state index contributed by atoms with van der Waals surface area (Å²) in [5.74, 6) is 0.557. The average molecular weight is 391 g/mol. The molecular formula is C26H34N2O. The van der Waals surface area contributed by atoms with Crippen molar-refractivity contribution in [1.29, 1.82) is 0 Å². The lowest BCUT2D eigenvalue weighted by Crippen LogP contribution is -2.32. The van der Waals surface area contributed by atoms with E-state index in [2.05, 4.69) is 61.2 Å². The first-order chi connectivity index (χ1) is 14.0. The molecule has 2 aliphatic heterocycles. The van der Waals surface area contributed by atoms with Crippen LogP contribution in [0.15, 0.2) is 42.5 Å². The number of carbonyl (C=O) groups is 1. The monoisotopic (exact) mass is 390 g/mol. The van der Waals surface area contributed by atoms with Crippen molar-refractivity contribution in [1.82, 2.24) is 9.80 Å². The highest BCUT2D eigenvalue weighted by Crippen LogP contribution is 2.30. The predicted octanol–water partition coefficient (Wildman–Crippen LogP) is 4.89. The number of nitrogens with zero attached hydrogens (tertiary/aromatic N) is 2. The fraction of sp³-hybridized carbons (Fsp3) is 0.500. The molecule has 4 rings (SSSR count). The molecule has 154 valence electrons. The van der Waals surface area contributed by atoms with Crippen LogP contribution in [0, 0.1) is 0 Å². The Morgan fingerprint density at radius 2 is 1.79 bits per heavy atom. The van der Waals surface area contributed by atoms with Crippen molar-refractivity contribution in [3.63, 3.8) is 0 Å². The van der Waals surface area contributed by atoms with E-state index in [4.69, 9.17) is 0 Å². The van der Waals surface area contributed by atoms with Crippen LogP contribution < -0.4 is 0 Å². The molecule has 0 aliphatic carbocycles. The topological polar surface area (TPSA) is 23.6 Å². The number of benzene rings is 2. The standard InChI is InChI=1S/C26H34N2O/c1-19-18-28(21(3)29)16-13-24-10-11-25(17-26(19)24)23-8-6-22(7-9-23)12-15-27-14-4-5-20(27)2/h6-11,17,19-20H,4-5,12-16,18H2,1-3H3/t19?,20-/m1/s1. The van der Waals surface area contributed by atoms with Gasteiger partial charge >= 0.3 is 0 Å². The molecule has 0 aromatic heterocycles. The molecule has 0 spiro atoms. The predicted molar refractivity (Wildman–Crippen MR) is 120 cm³/mol. The van der Waals surface area contributed by atoms with Crippen LogP contribution in [0.25, 0.3) is 11.1 Å². The quantitative estimate of drug-likeness (QED) is 0.742. The molecule has 2 heterocycles. The zero-order valence-electron chi connectivity index (χ0n) is 18.2. The van der Waals surface area contributed by atoms with E-state index in [0.717, 1.165) is 32.0 Å². The summed E-state index contributed by atoms with van der Waals surface area (Å²) in [6.45, 7) is 10.4. The molecule has 1 fully saturated rings. The Balaban J connectivity index is 1.46. The Labute approximate surface area is 175 Å². The molecule has 1 amide bonds. The molecule has 3 nitrogen and oxygen atoms in total. The van der Waals surface area contributed by atoms with Gasteiger partial charge in [0.25, 0.3) is 0 Å². The van der Waals surface area contributed by atoms with Gasteiger partial charge in [0.05, 0.1) is 0 Å². The molecule has 1 saturated heterocycles. The van der Waals surface area contributed by atoms with Crippen LogP contribution in [0.3, 0.4) is 0 Å². The van der Waals surface area contributed by atoms with Gasteiger partial charge in [0.1, 0.15) is 0 Å². The largest absolute Gasteiger partial charge is 0.342 e. The number of carbonyl (C=O) groups excluding carboxylic acids is 1. The first-order valence-corrected chi connectivity index (χ1v) is 11.2. The van der Waals surface area contributed by atoms with Gasteiger partial charge < -0.3 is 9.80 Å². The van der Waals surface area contributed by atoms with Gasteiger partial charge in [-0.3, -0.25) is 4.79 Å². The third-order valence-electron chi connectivity index (χ3n) is 6.93. The summed E-state index contributed by atoms with van der Waals surface area (Å²) in [6.07, 6.45) is 4.78. The SMILES string of the molecule is CC(=O)N1CCc2ccc(-c3ccc(CCN4CCC[C@H]4C)cc3)cc2C(C)C1. The van der Waals surface area contributed by atoms with Crippen molar-refractivity contribution in [2.45, 2.75) is 58.4 Å². The molecule has 0 saturated carbocycles. The molecule has 0 radical (unpaired) electrons. The fourth-order valence-corrected chi connectivity index (χ4v) is 4.98. The van der Waals surface area contributed by atoms with Gasteiger partial charge in [0, 0.05) is 32.6 Å². The van der Waals surface area contributed by atoms with E-state index in [1.54, 1.807) is 6.92 Å². The molecule has 29 heavy (non-hydrogen) atoms. The highest BCUT2D eigenvalue weighted by molar-refractivity contribution is 5.73. The summed E-state index contributed by atoms with van der Waals surface area (Å²) in [6, 6.07) is 16.7. The second-order valence-corrected chi connectivity index (χ2v) is 9.00. The molecule has 0 bridgehead atoms. The fourth-order valence-electron chi connectivity index (χ4n) is 4.98. The minimum absolute atomic E-state index is 0.184. The third kappa shape index (κ3) is 4.56. The Kier molecular flexibility index (Phi) is 6.05. The molecule has 2 aliphatic rings. The number of fused-ring (bicyclic) bond motifs is 1.